The smallest absolute Gasteiger partial charge is 0.153 e. The zero-order valence-electron chi connectivity index (χ0n) is 9.84. The van der Waals surface area contributed by atoms with Crippen LogP contribution in [0.2, 0.25) is 0 Å². The molecule has 1 aliphatic heterocycles. The molecule has 5 nitrogen and oxygen atoms in total. The summed E-state index contributed by atoms with van der Waals surface area (Å²) in [5, 5.41) is 4.59. The minimum Gasteiger partial charge on any atom is -0.355 e. The largest absolute Gasteiger partial charge is 0.355 e. The predicted octanol–water partition coefficient (Wildman–Crippen LogP) is 1.18. The lowest BCUT2D eigenvalue weighted by atomic mass is 10.1. The molecule has 0 aliphatic carbocycles. The summed E-state index contributed by atoms with van der Waals surface area (Å²) >= 11 is 0. The summed E-state index contributed by atoms with van der Waals surface area (Å²) in [6, 6.07) is 4.06. The minimum atomic E-state index is 0.461. The molecule has 3 rings (SSSR count). The predicted molar refractivity (Wildman–Crippen MR) is 66.9 cm³/mol. The first-order valence-corrected chi connectivity index (χ1v) is 6.17. The monoisotopic (exact) mass is 231 g/mol. The number of nitrogens with two attached hydrogens (primary N) is 1. The molecule has 90 valence electrons. The average Bonchev–Trinajstić information content (AvgIpc) is 2.81. The van der Waals surface area contributed by atoms with Crippen LogP contribution in [0.15, 0.2) is 18.3 Å². The van der Waals surface area contributed by atoms with E-state index in [1.807, 2.05) is 22.8 Å². The highest BCUT2D eigenvalue weighted by molar-refractivity contribution is 5.46. The Morgan fingerprint density at radius 2 is 2.00 bits per heavy atom. The van der Waals surface area contributed by atoms with Crippen molar-refractivity contribution in [3.63, 3.8) is 0 Å². The summed E-state index contributed by atoms with van der Waals surface area (Å²) in [7, 11) is 0. The molecule has 3 heterocycles. The SMILES string of the molecule is NCc1cn2nc(N3CCCCC3)ccc2n1. The van der Waals surface area contributed by atoms with E-state index in [4.69, 9.17) is 5.73 Å². The maximum atomic E-state index is 5.58. The summed E-state index contributed by atoms with van der Waals surface area (Å²) in [6.45, 7) is 2.68. The number of imidazole rings is 1. The third-order valence-corrected chi connectivity index (χ3v) is 3.25. The van der Waals surface area contributed by atoms with Crippen molar-refractivity contribution in [3.8, 4) is 0 Å². The highest BCUT2D eigenvalue weighted by Gasteiger charge is 2.12. The Bertz CT molecular complexity index is 513. The van der Waals surface area contributed by atoms with Crippen molar-refractivity contribution in [3.05, 3.63) is 24.0 Å². The molecule has 1 fully saturated rings. The van der Waals surface area contributed by atoms with Crippen molar-refractivity contribution >= 4 is 11.5 Å². The van der Waals surface area contributed by atoms with E-state index in [1.54, 1.807) is 0 Å². The molecule has 2 N–H and O–H groups in total. The Morgan fingerprint density at radius 3 is 2.76 bits per heavy atom. The highest BCUT2D eigenvalue weighted by Crippen LogP contribution is 2.17. The van der Waals surface area contributed by atoms with Crippen LogP contribution in [0.3, 0.4) is 0 Å². The molecule has 1 aliphatic rings. The number of nitrogens with zero attached hydrogens (tertiary/aromatic N) is 4. The van der Waals surface area contributed by atoms with E-state index >= 15 is 0 Å². The number of fused-ring (bicyclic) bond motifs is 1. The number of rotatable bonds is 2. The van der Waals surface area contributed by atoms with Crippen LogP contribution in [0.4, 0.5) is 5.82 Å². The standard InChI is InChI=1S/C12H17N5/c13-8-10-9-17-11(14-10)4-5-12(15-17)16-6-2-1-3-7-16/h4-5,9H,1-3,6-8,13H2. The Kier molecular flexibility index (Phi) is 2.68. The zero-order chi connectivity index (χ0) is 11.7. The van der Waals surface area contributed by atoms with Crippen molar-refractivity contribution in [1.29, 1.82) is 0 Å². The zero-order valence-corrected chi connectivity index (χ0v) is 9.84. The van der Waals surface area contributed by atoms with Gasteiger partial charge in [0.1, 0.15) is 5.82 Å². The molecule has 0 unspecified atom stereocenters. The van der Waals surface area contributed by atoms with Gasteiger partial charge in [-0.3, -0.25) is 0 Å². The average molecular weight is 231 g/mol. The molecule has 17 heavy (non-hydrogen) atoms. The van der Waals surface area contributed by atoms with E-state index in [0.717, 1.165) is 30.2 Å². The third-order valence-electron chi connectivity index (χ3n) is 3.25. The second kappa shape index (κ2) is 4.33. The summed E-state index contributed by atoms with van der Waals surface area (Å²) in [5.41, 5.74) is 7.33. The molecular formula is C12H17N5. The molecule has 0 spiro atoms. The van der Waals surface area contributed by atoms with E-state index in [2.05, 4.69) is 15.0 Å². The lowest BCUT2D eigenvalue weighted by Gasteiger charge is -2.27. The lowest BCUT2D eigenvalue weighted by Crippen LogP contribution is -2.30. The van der Waals surface area contributed by atoms with Crippen LogP contribution in [0.1, 0.15) is 25.0 Å². The minimum absolute atomic E-state index is 0.461. The molecule has 0 amide bonds. The van der Waals surface area contributed by atoms with Crippen LogP contribution >= 0.6 is 0 Å². The van der Waals surface area contributed by atoms with E-state index < -0.39 is 0 Å². The number of aromatic nitrogens is 3. The maximum absolute atomic E-state index is 5.58. The van der Waals surface area contributed by atoms with Crippen LogP contribution in [0, 0.1) is 0 Å². The highest BCUT2D eigenvalue weighted by atomic mass is 15.3. The van der Waals surface area contributed by atoms with Crippen molar-refractivity contribution in [2.75, 3.05) is 18.0 Å². The third kappa shape index (κ3) is 1.98. The molecule has 0 saturated carbocycles. The van der Waals surface area contributed by atoms with Crippen molar-refractivity contribution < 1.29 is 0 Å². The van der Waals surface area contributed by atoms with Gasteiger partial charge in [0.25, 0.3) is 0 Å². The fourth-order valence-corrected chi connectivity index (χ4v) is 2.31. The fraction of sp³-hybridized carbons (Fsp3) is 0.500. The fourth-order valence-electron chi connectivity index (χ4n) is 2.31. The van der Waals surface area contributed by atoms with E-state index in [9.17, 15) is 0 Å². The van der Waals surface area contributed by atoms with Crippen molar-refractivity contribution in [1.82, 2.24) is 14.6 Å². The first-order chi connectivity index (χ1) is 8.36. The van der Waals surface area contributed by atoms with E-state index in [0.29, 0.717) is 6.54 Å². The molecule has 1 saturated heterocycles. The van der Waals surface area contributed by atoms with Crippen molar-refractivity contribution in [2.45, 2.75) is 25.8 Å². The van der Waals surface area contributed by atoms with Gasteiger partial charge >= 0.3 is 0 Å². The van der Waals surface area contributed by atoms with Gasteiger partial charge < -0.3 is 10.6 Å². The molecule has 0 atom stereocenters. The van der Waals surface area contributed by atoms with Gasteiger partial charge in [0.2, 0.25) is 0 Å². The Labute approximate surface area is 100 Å². The molecule has 0 aromatic carbocycles. The van der Waals surface area contributed by atoms with Gasteiger partial charge in [-0.05, 0) is 31.4 Å². The van der Waals surface area contributed by atoms with Crippen LogP contribution in [-0.2, 0) is 6.54 Å². The second-order valence-corrected chi connectivity index (χ2v) is 4.48. The van der Waals surface area contributed by atoms with Crippen LogP contribution in [0.25, 0.3) is 5.65 Å². The number of hydrogen-bond donors (Lipinski definition) is 1. The number of piperidine rings is 1. The van der Waals surface area contributed by atoms with E-state index in [-0.39, 0.29) is 0 Å². The summed E-state index contributed by atoms with van der Waals surface area (Å²) < 4.78 is 1.83. The summed E-state index contributed by atoms with van der Waals surface area (Å²) in [4.78, 5) is 6.71. The summed E-state index contributed by atoms with van der Waals surface area (Å²) in [6.07, 6.45) is 5.76. The topological polar surface area (TPSA) is 59.5 Å². The Morgan fingerprint density at radius 1 is 1.18 bits per heavy atom. The normalized spacial score (nSPS) is 16.6. The van der Waals surface area contributed by atoms with Crippen LogP contribution < -0.4 is 10.6 Å². The molecule has 0 radical (unpaired) electrons. The summed E-state index contributed by atoms with van der Waals surface area (Å²) in [5.74, 6) is 1.04. The van der Waals surface area contributed by atoms with E-state index in [1.165, 1.54) is 19.3 Å². The van der Waals surface area contributed by atoms with Gasteiger partial charge in [-0.25, -0.2) is 9.50 Å². The maximum Gasteiger partial charge on any atom is 0.153 e. The Balaban J connectivity index is 1.94. The Hall–Kier alpha value is -1.62. The van der Waals surface area contributed by atoms with Gasteiger partial charge in [-0.1, -0.05) is 0 Å². The molecule has 2 aromatic heterocycles. The van der Waals surface area contributed by atoms with Gasteiger partial charge in [0.05, 0.1) is 11.9 Å². The number of anilines is 1. The van der Waals surface area contributed by atoms with Crippen molar-refractivity contribution in [2.24, 2.45) is 5.73 Å². The van der Waals surface area contributed by atoms with Crippen LogP contribution in [0.5, 0.6) is 0 Å². The van der Waals surface area contributed by atoms with Gasteiger partial charge in [0, 0.05) is 19.6 Å². The van der Waals surface area contributed by atoms with Gasteiger partial charge in [0.15, 0.2) is 5.65 Å². The van der Waals surface area contributed by atoms with Gasteiger partial charge in [-0.2, -0.15) is 0 Å². The lowest BCUT2D eigenvalue weighted by molar-refractivity contribution is 0.570. The first-order valence-electron chi connectivity index (χ1n) is 6.17. The van der Waals surface area contributed by atoms with Gasteiger partial charge in [-0.15, -0.1) is 5.10 Å². The molecule has 5 heteroatoms. The quantitative estimate of drug-likeness (QED) is 0.843. The first kappa shape index (κ1) is 10.5. The molecular weight excluding hydrogens is 214 g/mol. The van der Waals surface area contributed by atoms with Crippen LogP contribution in [-0.4, -0.2) is 27.7 Å². The number of hydrogen-bond acceptors (Lipinski definition) is 4. The molecule has 2 aromatic rings. The second-order valence-electron chi connectivity index (χ2n) is 4.48. The molecule has 0 bridgehead atoms.